The van der Waals surface area contributed by atoms with Crippen molar-refractivity contribution < 1.29 is 14.3 Å². The summed E-state index contributed by atoms with van der Waals surface area (Å²) in [5.41, 5.74) is 0.837. The topological polar surface area (TPSA) is 70.7 Å². The molecule has 0 radical (unpaired) electrons. The van der Waals surface area contributed by atoms with Gasteiger partial charge in [0.15, 0.2) is 6.10 Å². The summed E-state index contributed by atoms with van der Waals surface area (Å²) in [6.07, 6.45) is 0.288. The molecule has 1 heterocycles. The van der Waals surface area contributed by atoms with Crippen LogP contribution in [0.15, 0.2) is 24.3 Å². The van der Waals surface area contributed by atoms with E-state index in [4.69, 9.17) is 4.74 Å². The summed E-state index contributed by atoms with van der Waals surface area (Å²) in [7, 11) is 1.57. The summed E-state index contributed by atoms with van der Waals surface area (Å²) in [5.74, 6) is 0.383. The number of carbonyl (C=O) groups is 2. The number of amides is 2. The molecule has 21 heavy (non-hydrogen) atoms. The van der Waals surface area contributed by atoms with Gasteiger partial charge in [0.05, 0.1) is 18.8 Å². The van der Waals surface area contributed by atoms with Crippen LogP contribution in [0.2, 0.25) is 0 Å². The second kappa shape index (κ2) is 6.97. The zero-order valence-electron chi connectivity index (χ0n) is 12.4. The molecule has 1 aromatic carbocycles. The number of hydrogen-bond donors (Lipinski definition) is 2. The lowest BCUT2D eigenvalue weighted by molar-refractivity contribution is -0.127. The molecule has 1 aromatic rings. The standard InChI is InChI=1S/C15H21N3O3/c1-3-8-17-14(19)10-18-9-13(15(20)16-2)21-12-7-5-4-6-11(12)18/h4-7,13H,3,8-10H2,1-2H3,(H,16,20)(H,17,19)/t13-/m0/s1. The van der Waals surface area contributed by atoms with Crippen molar-refractivity contribution in [1.29, 1.82) is 0 Å². The summed E-state index contributed by atoms with van der Waals surface area (Å²) < 4.78 is 5.69. The summed E-state index contributed by atoms with van der Waals surface area (Å²) in [6, 6.07) is 7.43. The van der Waals surface area contributed by atoms with Crippen molar-refractivity contribution in [3.05, 3.63) is 24.3 Å². The van der Waals surface area contributed by atoms with Crippen molar-refractivity contribution in [1.82, 2.24) is 10.6 Å². The van der Waals surface area contributed by atoms with Gasteiger partial charge in [-0.1, -0.05) is 19.1 Å². The molecule has 0 fully saturated rings. The molecule has 114 valence electrons. The predicted octanol–water partition coefficient (Wildman–Crippen LogP) is 0.526. The summed E-state index contributed by atoms with van der Waals surface area (Å²) in [5, 5.41) is 5.43. The molecule has 1 atom stereocenters. The maximum atomic E-state index is 11.9. The zero-order valence-corrected chi connectivity index (χ0v) is 12.4. The van der Waals surface area contributed by atoms with Crippen molar-refractivity contribution in [2.45, 2.75) is 19.4 Å². The fourth-order valence-electron chi connectivity index (χ4n) is 2.25. The maximum absolute atomic E-state index is 11.9. The lowest BCUT2D eigenvalue weighted by Gasteiger charge is -2.34. The van der Waals surface area contributed by atoms with E-state index >= 15 is 0 Å². The monoisotopic (exact) mass is 291 g/mol. The first-order valence-electron chi connectivity index (χ1n) is 7.14. The van der Waals surface area contributed by atoms with Gasteiger partial charge in [-0.3, -0.25) is 9.59 Å². The van der Waals surface area contributed by atoms with Gasteiger partial charge in [0.2, 0.25) is 5.91 Å². The first kappa shape index (κ1) is 15.2. The van der Waals surface area contributed by atoms with Crippen LogP contribution in [0.3, 0.4) is 0 Å². The van der Waals surface area contributed by atoms with Crippen molar-refractivity contribution >= 4 is 17.5 Å². The number of likely N-dealkylation sites (N-methyl/N-ethyl adjacent to an activating group) is 1. The van der Waals surface area contributed by atoms with E-state index in [0.29, 0.717) is 18.8 Å². The van der Waals surface area contributed by atoms with Gasteiger partial charge in [0.1, 0.15) is 5.75 Å². The SMILES string of the molecule is CCCNC(=O)CN1C[C@@H](C(=O)NC)Oc2ccccc21. The third kappa shape index (κ3) is 3.65. The lowest BCUT2D eigenvalue weighted by atomic mass is 10.1. The van der Waals surface area contributed by atoms with E-state index in [1.165, 1.54) is 0 Å². The average molecular weight is 291 g/mol. The molecular weight excluding hydrogens is 270 g/mol. The van der Waals surface area contributed by atoms with E-state index < -0.39 is 6.10 Å². The number of hydrogen-bond acceptors (Lipinski definition) is 4. The third-order valence-corrected chi connectivity index (χ3v) is 3.31. The van der Waals surface area contributed by atoms with Crippen LogP contribution in [-0.4, -0.2) is 44.6 Å². The van der Waals surface area contributed by atoms with Crippen LogP contribution in [-0.2, 0) is 9.59 Å². The number of ether oxygens (including phenoxy) is 1. The van der Waals surface area contributed by atoms with E-state index in [2.05, 4.69) is 10.6 Å². The minimum atomic E-state index is -0.608. The van der Waals surface area contributed by atoms with Crippen molar-refractivity contribution in [2.24, 2.45) is 0 Å². The largest absolute Gasteiger partial charge is 0.477 e. The van der Waals surface area contributed by atoms with Crippen molar-refractivity contribution in [3.8, 4) is 5.75 Å². The summed E-state index contributed by atoms with van der Waals surface area (Å²) in [6.45, 7) is 3.24. The molecule has 6 nitrogen and oxygen atoms in total. The van der Waals surface area contributed by atoms with E-state index in [-0.39, 0.29) is 18.4 Å². The van der Waals surface area contributed by atoms with E-state index in [1.54, 1.807) is 13.1 Å². The van der Waals surface area contributed by atoms with Gasteiger partial charge in [-0.25, -0.2) is 0 Å². The van der Waals surface area contributed by atoms with Crippen molar-refractivity contribution in [2.75, 3.05) is 31.6 Å². The number of anilines is 1. The van der Waals surface area contributed by atoms with Gasteiger partial charge in [-0.15, -0.1) is 0 Å². The number of rotatable bonds is 5. The lowest BCUT2D eigenvalue weighted by Crippen LogP contribution is -2.50. The summed E-state index contributed by atoms with van der Waals surface area (Å²) in [4.78, 5) is 25.6. The Hall–Kier alpha value is -2.24. The zero-order chi connectivity index (χ0) is 15.2. The van der Waals surface area contributed by atoms with Gasteiger partial charge in [-0.05, 0) is 18.6 Å². The molecule has 0 aliphatic carbocycles. The first-order chi connectivity index (χ1) is 10.2. The Morgan fingerprint density at radius 3 is 2.86 bits per heavy atom. The van der Waals surface area contributed by atoms with E-state index in [9.17, 15) is 9.59 Å². The minimum absolute atomic E-state index is 0.0517. The van der Waals surface area contributed by atoms with E-state index in [1.807, 2.05) is 30.0 Å². The second-order valence-electron chi connectivity index (χ2n) is 4.92. The molecule has 0 spiro atoms. The Morgan fingerprint density at radius 2 is 2.14 bits per heavy atom. The number of nitrogens with zero attached hydrogens (tertiary/aromatic N) is 1. The number of fused-ring (bicyclic) bond motifs is 1. The molecule has 0 saturated carbocycles. The molecule has 0 unspecified atom stereocenters. The number of benzene rings is 1. The van der Waals surface area contributed by atoms with Crippen LogP contribution in [0.4, 0.5) is 5.69 Å². The highest BCUT2D eigenvalue weighted by molar-refractivity contribution is 5.86. The molecule has 0 aromatic heterocycles. The van der Waals surface area contributed by atoms with Gasteiger partial charge in [0, 0.05) is 13.6 Å². The number of nitrogens with one attached hydrogen (secondary N) is 2. The van der Waals surface area contributed by atoms with Gasteiger partial charge < -0.3 is 20.3 Å². The highest BCUT2D eigenvalue weighted by Crippen LogP contribution is 2.32. The fraction of sp³-hybridized carbons (Fsp3) is 0.467. The normalized spacial score (nSPS) is 16.7. The van der Waals surface area contributed by atoms with Crippen LogP contribution >= 0.6 is 0 Å². The predicted molar refractivity (Wildman–Crippen MR) is 80.4 cm³/mol. The summed E-state index contributed by atoms with van der Waals surface area (Å²) >= 11 is 0. The van der Waals surface area contributed by atoms with Crippen molar-refractivity contribution in [3.63, 3.8) is 0 Å². The molecule has 0 bridgehead atoms. The Bertz CT molecular complexity index is 519. The molecule has 1 aliphatic heterocycles. The van der Waals surface area contributed by atoms with Crippen LogP contribution in [0.25, 0.3) is 0 Å². The van der Waals surface area contributed by atoms with E-state index in [0.717, 1.165) is 12.1 Å². The molecule has 6 heteroatoms. The highest BCUT2D eigenvalue weighted by Gasteiger charge is 2.30. The van der Waals surface area contributed by atoms with Gasteiger partial charge >= 0.3 is 0 Å². The first-order valence-corrected chi connectivity index (χ1v) is 7.14. The van der Waals surface area contributed by atoms with Crippen LogP contribution < -0.4 is 20.3 Å². The molecular formula is C15H21N3O3. The average Bonchev–Trinajstić information content (AvgIpc) is 2.52. The Labute approximate surface area is 124 Å². The number of carbonyl (C=O) groups excluding carboxylic acids is 2. The minimum Gasteiger partial charge on any atom is -0.477 e. The van der Waals surface area contributed by atoms with Crippen LogP contribution in [0, 0.1) is 0 Å². The quantitative estimate of drug-likeness (QED) is 0.830. The molecule has 0 saturated heterocycles. The fourth-order valence-corrected chi connectivity index (χ4v) is 2.25. The molecule has 1 aliphatic rings. The van der Waals surface area contributed by atoms with Crippen LogP contribution in [0.5, 0.6) is 5.75 Å². The third-order valence-electron chi connectivity index (χ3n) is 3.31. The second-order valence-corrected chi connectivity index (χ2v) is 4.92. The Kier molecular flexibility index (Phi) is 5.03. The Morgan fingerprint density at radius 1 is 1.38 bits per heavy atom. The number of para-hydroxylation sites is 2. The molecule has 2 N–H and O–H groups in total. The molecule has 2 amide bonds. The Balaban J connectivity index is 2.14. The van der Waals surface area contributed by atoms with Crippen LogP contribution in [0.1, 0.15) is 13.3 Å². The smallest absolute Gasteiger partial charge is 0.262 e. The highest BCUT2D eigenvalue weighted by atomic mass is 16.5. The van der Waals surface area contributed by atoms with Gasteiger partial charge in [0.25, 0.3) is 5.91 Å². The maximum Gasteiger partial charge on any atom is 0.262 e. The molecule has 2 rings (SSSR count). The van der Waals surface area contributed by atoms with Gasteiger partial charge in [-0.2, -0.15) is 0 Å².